The minimum absolute atomic E-state index is 0.0495. The third kappa shape index (κ3) is 6.10. The first-order chi connectivity index (χ1) is 19.4. The summed E-state index contributed by atoms with van der Waals surface area (Å²) in [6.45, 7) is 4.34. The van der Waals surface area contributed by atoms with Crippen LogP contribution in [0.5, 0.6) is 0 Å². The van der Waals surface area contributed by atoms with Crippen molar-refractivity contribution >= 4 is 28.7 Å². The number of rotatable bonds is 9. The number of H-pyrrole nitrogens is 1. The van der Waals surface area contributed by atoms with Gasteiger partial charge >= 0.3 is 5.97 Å². The third-order valence-corrected chi connectivity index (χ3v) is 9.88. The van der Waals surface area contributed by atoms with Crippen molar-refractivity contribution in [1.82, 2.24) is 14.9 Å². The van der Waals surface area contributed by atoms with Gasteiger partial charge in [0, 0.05) is 18.9 Å². The van der Waals surface area contributed by atoms with E-state index in [1.807, 2.05) is 30.0 Å². The number of carbonyl (C=O) groups is 3. The lowest BCUT2D eigenvalue weighted by molar-refractivity contribution is -0.143. The van der Waals surface area contributed by atoms with E-state index >= 15 is 0 Å². The van der Waals surface area contributed by atoms with Gasteiger partial charge in [-0.25, -0.2) is 9.78 Å². The number of fused-ring (bicyclic) bond motifs is 1. The number of nitrogens with zero attached hydrogens (tertiary/aromatic N) is 2. The second kappa shape index (κ2) is 12.8. The Labute approximate surface area is 236 Å². The molecule has 1 aromatic heterocycles. The van der Waals surface area contributed by atoms with E-state index < -0.39 is 5.97 Å². The molecule has 0 bridgehead atoms. The minimum atomic E-state index is -0.500. The van der Waals surface area contributed by atoms with Crippen LogP contribution in [0.4, 0.5) is 4.39 Å². The predicted octanol–water partition coefficient (Wildman–Crippen LogP) is 6.06. The summed E-state index contributed by atoms with van der Waals surface area (Å²) in [6, 6.07) is 5.21. The fraction of sp³-hybridized carbons (Fsp3) is 0.688. The van der Waals surface area contributed by atoms with Crippen molar-refractivity contribution in [2.24, 2.45) is 29.6 Å². The van der Waals surface area contributed by atoms with E-state index in [-0.39, 0.29) is 61.0 Å². The van der Waals surface area contributed by atoms with Crippen LogP contribution in [0.3, 0.4) is 0 Å². The molecule has 1 aromatic carbocycles. The number of amides is 1. The summed E-state index contributed by atoms with van der Waals surface area (Å²) in [7, 11) is 0. The molecule has 3 fully saturated rings. The molecule has 2 heterocycles. The molecule has 40 heavy (non-hydrogen) atoms. The number of benzene rings is 1. The number of esters is 1. The largest absolute Gasteiger partial charge is 0.460 e. The molecule has 7 nitrogen and oxygen atoms in total. The standard InChI is InChI=1S/C32H44FN3O4/c1-3-40-32(39)30-34-26-14-9-21(17-27(26)35-30)18-28(37)29-25(23-7-5-4-6-8-23)15-16-36(29)31(38)24-12-10-22(11-13-24)20(2)19-33/h9,14,17,20,22-25,29H,3-8,10-13,15-16,18-19H2,1-2H3,(H,34,35)/t20-,22?,24?,25+,29+/m1/s1. The highest BCUT2D eigenvalue weighted by Crippen LogP contribution is 2.42. The van der Waals surface area contributed by atoms with Crippen LogP contribution in [0.25, 0.3) is 11.0 Å². The maximum absolute atomic E-state index is 14.0. The van der Waals surface area contributed by atoms with Gasteiger partial charge in [0.25, 0.3) is 0 Å². The van der Waals surface area contributed by atoms with Crippen LogP contribution in [0, 0.1) is 29.6 Å². The average molecular weight is 554 g/mol. The maximum Gasteiger partial charge on any atom is 0.374 e. The Hall–Kier alpha value is -2.77. The summed E-state index contributed by atoms with van der Waals surface area (Å²) in [5.74, 6) is 0.925. The van der Waals surface area contributed by atoms with E-state index in [1.54, 1.807) is 6.92 Å². The maximum atomic E-state index is 14.0. The lowest BCUT2D eigenvalue weighted by Crippen LogP contribution is -2.48. The van der Waals surface area contributed by atoms with Gasteiger partial charge in [-0.3, -0.25) is 14.0 Å². The Kier molecular flexibility index (Phi) is 9.21. The van der Waals surface area contributed by atoms with Crippen molar-refractivity contribution in [1.29, 1.82) is 0 Å². The first kappa shape index (κ1) is 28.7. The number of likely N-dealkylation sites (tertiary alicyclic amines) is 1. The molecule has 2 saturated carbocycles. The van der Waals surface area contributed by atoms with Gasteiger partial charge < -0.3 is 14.6 Å². The molecule has 5 rings (SSSR count). The number of halogens is 1. The van der Waals surface area contributed by atoms with Crippen molar-refractivity contribution in [3.8, 4) is 0 Å². The Bertz CT molecular complexity index is 1200. The number of nitrogens with one attached hydrogen (secondary N) is 1. The van der Waals surface area contributed by atoms with Gasteiger partial charge in [-0.2, -0.15) is 0 Å². The molecule has 1 saturated heterocycles. The minimum Gasteiger partial charge on any atom is -0.460 e. The number of ketones is 1. The highest BCUT2D eigenvalue weighted by atomic mass is 19.1. The van der Waals surface area contributed by atoms with Gasteiger partial charge in [0.15, 0.2) is 5.78 Å². The van der Waals surface area contributed by atoms with Gasteiger partial charge in [0.1, 0.15) is 0 Å². The van der Waals surface area contributed by atoms with Gasteiger partial charge in [-0.15, -0.1) is 0 Å². The number of hydrogen-bond acceptors (Lipinski definition) is 5. The fourth-order valence-corrected chi connectivity index (χ4v) is 7.60. The highest BCUT2D eigenvalue weighted by Gasteiger charge is 2.46. The van der Waals surface area contributed by atoms with Crippen LogP contribution in [-0.2, 0) is 20.7 Å². The molecule has 1 N–H and O–H groups in total. The van der Waals surface area contributed by atoms with Crippen LogP contribution in [0.15, 0.2) is 18.2 Å². The Morgan fingerprint density at radius 3 is 2.52 bits per heavy atom. The number of imidazole rings is 1. The van der Waals surface area contributed by atoms with Crippen LogP contribution in [-0.4, -0.2) is 58.4 Å². The zero-order valence-corrected chi connectivity index (χ0v) is 24.0. The summed E-state index contributed by atoms with van der Waals surface area (Å²) in [5, 5.41) is 0. The number of ether oxygens (including phenoxy) is 1. The summed E-state index contributed by atoms with van der Waals surface area (Å²) in [4.78, 5) is 49.3. The van der Waals surface area contributed by atoms with Crippen molar-refractivity contribution in [2.75, 3.05) is 19.8 Å². The number of carbonyl (C=O) groups excluding carboxylic acids is 3. The van der Waals surface area contributed by atoms with Crippen LogP contribution in [0.2, 0.25) is 0 Å². The molecule has 0 unspecified atom stereocenters. The number of alkyl halides is 1. The lowest BCUT2D eigenvalue weighted by atomic mass is 9.74. The van der Waals surface area contributed by atoms with Gasteiger partial charge in [-0.05, 0) is 80.4 Å². The molecular formula is C32H44FN3O4. The van der Waals surface area contributed by atoms with Crippen molar-refractivity contribution in [3.63, 3.8) is 0 Å². The van der Waals surface area contributed by atoms with Crippen molar-refractivity contribution in [3.05, 3.63) is 29.6 Å². The van der Waals surface area contributed by atoms with Gasteiger partial charge in [-0.1, -0.05) is 45.1 Å². The summed E-state index contributed by atoms with van der Waals surface area (Å²) < 4.78 is 18.3. The van der Waals surface area contributed by atoms with E-state index in [4.69, 9.17) is 4.74 Å². The molecule has 1 amide bonds. The number of aromatic amines is 1. The highest BCUT2D eigenvalue weighted by molar-refractivity contribution is 5.93. The van der Waals surface area contributed by atoms with Crippen LogP contribution >= 0.6 is 0 Å². The van der Waals surface area contributed by atoms with Crippen molar-refractivity contribution in [2.45, 2.75) is 90.5 Å². The van der Waals surface area contributed by atoms with E-state index in [0.29, 0.717) is 29.4 Å². The Morgan fingerprint density at radius 2 is 1.82 bits per heavy atom. The molecule has 0 radical (unpaired) electrons. The summed E-state index contributed by atoms with van der Waals surface area (Å²) in [5.41, 5.74) is 2.18. The van der Waals surface area contributed by atoms with E-state index in [1.165, 1.54) is 19.3 Å². The van der Waals surface area contributed by atoms with Crippen LogP contribution in [0.1, 0.15) is 94.2 Å². The molecule has 3 atom stereocenters. The molecule has 2 aromatic rings. The number of hydrogen-bond donors (Lipinski definition) is 1. The molecule has 2 aliphatic carbocycles. The number of Topliss-reactive ketones (excluding diaryl/α,β-unsaturated/α-hetero) is 1. The second-order valence-electron chi connectivity index (χ2n) is 12.4. The second-order valence-corrected chi connectivity index (χ2v) is 12.4. The topological polar surface area (TPSA) is 92.4 Å². The number of aromatic nitrogens is 2. The monoisotopic (exact) mass is 553 g/mol. The third-order valence-electron chi connectivity index (χ3n) is 9.88. The SMILES string of the molecule is CCOC(=O)c1nc2ccc(CC(=O)[C@@H]3[C@H](C4CCCCC4)CCN3C(=O)C3CCC([C@H](C)CF)CC3)cc2[nH]1. The van der Waals surface area contributed by atoms with E-state index in [9.17, 15) is 18.8 Å². The molecule has 1 aliphatic heterocycles. The quantitative estimate of drug-likeness (QED) is 0.381. The average Bonchev–Trinajstić information content (AvgIpc) is 3.62. The van der Waals surface area contributed by atoms with Gasteiger partial charge in [0.2, 0.25) is 11.7 Å². The first-order valence-corrected chi connectivity index (χ1v) is 15.4. The summed E-state index contributed by atoms with van der Waals surface area (Å²) in [6.07, 6.45) is 10.4. The predicted molar refractivity (Wildman–Crippen MR) is 152 cm³/mol. The molecule has 8 heteroatoms. The molecule has 218 valence electrons. The van der Waals surface area contributed by atoms with E-state index in [0.717, 1.165) is 50.5 Å². The normalized spacial score (nSPS) is 26.6. The van der Waals surface area contributed by atoms with Crippen molar-refractivity contribution < 1.29 is 23.5 Å². The smallest absolute Gasteiger partial charge is 0.374 e. The molecule has 0 spiro atoms. The lowest BCUT2D eigenvalue weighted by Gasteiger charge is -2.37. The fourth-order valence-electron chi connectivity index (χ4n) is 7.60. The van der Waals surface area contributed by atoms with Crippen LogP contribution < -0.4 is 0 Å². The Balaban J connectivity index is 1.33. The van der Waals surface area contributed by atoms with Gasteiger partial charge in [0.05, 0.1) is 30.4 Å². The molecular weight excluding hydrogens is 509 g/mol. The zero-order valence-electron chi connectivity index (χ0n) is 24.0. The summed E-state index contributed by atoms with van der Waals surface area (Å²) >= 11 is 0. The molecule has 3 aliphatic rings. The van der Waals surface area contributed by atoms with E-state index in [2.05, 4.69) is 9.97 Å². The zero-order chi connectivity index (χ0) is 28.2. The Morgan fingerprint density at radius 1 is 1.07 bits per heavy atom. The first-order valence-electron chi connectivity index (χ1n) is 15.4.